The molecular formula is C15H22Cl2N2O3. The third kappa shape index (κ3) is 3.13. The normalized spacial score (nSPS) is 25.6. The zero-order valence-electron chi connectivity index (χ0n) is 12.1. The average Bonchev–Trinajstić information content (AvgIpc) is 2.96. The summed E-state index contributed by atoms with van der Waals surface area (Å²) in [5, 5.41) is 23.0. The molecule has 2 aliphatic heterocycles. The Morgan fingerprint density at radius 2 is 2.09 bits per heavy atom. The van der Waals surface area contributed by atoms with Crippen molar-refractivity contribution in [3.8, 4) is 11.5 Å². The summed E-state index contributed by atoms with van der Waals surface area (Å²) < 4.78 is 5.87. The summed E-state index contributed by atoms with van der Waals surface area (Å²) >= 11 is 0. The van der Waals surface area contributed by atoms with Gasteiger partial charge in [0.25, 0.3) is 0 Å². The minimum Gasteiger partial charge on any atom is -0.504 e. The van der Waals surface area contributed by atoms with Crippen LogP contribution in [0.5, 0.6) is 11.5 Å². The fourth-order valence-electron chi connectivity index (χ4n) is 3.21. The standard InChI is InChI=1S/C15H20N2O3.2ClH/c16-9-15(7-10-3-5-17-8-10)12-1-2-13(18)14(19)11(12)4-6-20-15;;/h1-2,4,6,10,17-19H,3,5,7-9,16H2;2*1H. The Balaban J connectivity index is 0.00000121. The lowest BCUT2D eigenvalue weighted by Gasteiger charge is -2.38. The van der Waals surface area contributed by atoms with Gasteiger partial charge in [-0.15, -0.1) is 24.8 Å². The van der Waals surface area contributed by atoms with Crippen molar-refractivity contribution < 1.29 is 14.9 Å². The minimum absolute atomic E-state index is 0. The number of halogens is 2. The fourth-order valence-corrected chi connectivity index (χ4v) is 3.21. The number of phenols is 2. The van der Waals surface area contributed by atoms with Crippen molar-refractivity contribution in [3.05, 3.63) is 29.5 Å². The van der Waals surface area contributed by atoms with Gasteiger partial charge in [-0.2, -0.15) is 0 Å². The molecule has 0 saturated carbocycles. The van der Waals surface area contributed by atoms with E-state index in [2.05, 4.69) is 5.32 Å². The van der Waals surface area contributed by atoms with E-state index in [1.54, 1.807) is 18.4 Å². The number of fused-ring (bicyclic) bond motifs is 1. The third-order valence-electron chi connectivity index (χ3n) is 4.33. The number of aromatic hydroxyl groups is 2. The van der Waals surface area contributed by atoms with Crippen molar-refractivity contribution in [1.82, 2.24) is 5.32 Å². The van der Waals surface area contributed by atoms with Crippen LogP contribution in [0.15, 0.2) is 18.4 Å². The zero-order chi connectivity index (χ0) is 14.2. The van der Waals surface area contributed by atoms with Crippen LogP contribution in [0.2, 0.25) is 0 Å². The second-order valence-electron chi connectivity index (χ2n) is 5.58. The molecule has 3 rings (SSSR count). The van der Waals surface area contributed by atoms with Crippen LogP contribution in [0.3, 0.4) is 0 Å². The largest absolute Gasteiger partial charge is 0.504 e. The number of rotatable bonds is 3. The zero-order valence-corrected chi connectivity index (χ0v) is 13.8. The fraction of sp³-hybridized carbons (Fsp3) is 0.467. The first-order valence-corrected chi connectivity index (χ1v) is 6.97. The molecule has 0 bridgehead atoms. The van der Waals surface area contributed by atoms with Crippen molar-refractivity contribution in [1.29, 1.82) is 0 Å². The number of nitrogens with two attached hydrogens (primary N) is 1. The maximum Gasteiger partial charge on any atom is 0.165 e. The summed E-state index contributed by atoms with van der Waals surface area (Å²) in [5.74, 6) is 0.280. The molecule has 1 aromatic carbocycles. The molecule has 5 N–H and O–H groups in total. The molecule has 0 spiro atoms. The van der Waals surface area contributed by atoms with Crippen LogP contribution in [0.25, 0.3) is 6.08 Å². The predicted molar refractivity (Wildman–Crippen MR) is 90.7 cm³/mol. The number of hydrogen-bond donors (Lipinski definition) is 4. The SMILES string of the molecule is Cl.Cl.NCC1(CC2CCNC2)OC=Cc2c1ccc(O)c2O. The molecular weight excluding hydrogens is 327 g/mol. The van der Waals surface area contributed by atoms with Crippen molar-refractivity contribution in [3.63, 3.8) is 0 Å². The summed E-state index contributed by atoms with van der Waals surface area (Å²) in [6.45, 7) is 2.33. The Kier molecular flexibility index (Phi) is 6.38. The van der Waals surface area contributed by atoms with Gasteiger partial charge in [-0.05, 0) is 44.0 Å². The molecule has 124 valence electrons. The van der Waals surface area contributed by atoms with Crippen molar-refractivity contribution >= 4 is 30.9 Å². The van der Waals surface area contributed by atoms with Gasteiger partial charge in [-0.3, -0.25) is 0 Å². The van der Waals surface area contributed by atoms with Crippen LogP contribution >= 0.6 is 24.8 Å². The van der Waals surface area contributed by atoms with E-state index in [1.807, 2.05) is 0 Å². The molecule has 0 amide bonds. The molecule has 2 unspecified atom stereocenters. The molecule has 2 heterocycles. The minimum atomic E-state index is -0.619. The van der Waals surface area contributed by atoms with E-state index >= 15 is 0 Å². The molecule has 5 nitrogen and oxygen atoms in total. The third-order valence-corrected chi connectivity index (χ3v) is 4.33. The van der Waals surface area contributed by atoms with Gasteiger partial charge in [0.1, 0.15) is 5.60 Å². The highest BCUT2D eigenvalue weighted by atomic mass is 35.5. The van der Waals surface area contributed by atoms with Gasteiger partial charge in [0.15, 0.2) is 11.5 Å². The number of hydrogen-bond acceptors (Lipinski definition) is 5. The van der Waals surface area contributed by atoms with Gasteiger partial charge in [-0.1, -0.05) is 6.07 Å². The van der Waals surface area contributed by atoms with Crippen LogP contribution in [-0.2, 0) is 10.3 Å². The van der Waals surface area contributed by atoms with E-state index in [0.29, 0.717) is 18.0 Å². The lowest BCUT2D eigenvalue weighted by molar-refractivity contribution is 0.00256. The van der Waals surface area contributed by atoms with Gasteiger partial charge >= 0.3 is 0 Å². The quantitative estimate of drug-likeness (QED) is 0.628. The number of benzene rings is 1. The van der Waals surface area contributed by atoms with E-state index in [9.17, 15) is 10.2 Å². The number of nitrogens with one attached hydrogen (secondary N) is 1. The van der Waals surface area contributed by atoms with Gasteiger partial charge < -0.3 is 26.0 Å². The van der Waals surface area contributed by atoms with Crippen LogP contribution in [0.1, 0.15) is 24.0 Å². The van der Waals surface area contributed by atoms with E-state index in [0.717, 1.165) is 31.5 Å². The maximum atomic E-state index is 10.0. The molecule has 2 atom stereocenters. The molecule has 2 aliphatic rings. The summed E-state index contributed by atoms with van der Waals surface area (Å²) in [7, 11) is 0. The van der Waals surface area contributed by atoms with Gasteiger partial charge in [0.2, 0.25) is 0 Å². The Bertz CT molecular complexity index is 548. The monoisotopic (exact) mass is 348 g/mol. The lowest BCUT2D eigenvalue weighted by atomic mass is 9.80. The second kappa shape index (κ2) is 7.42. The Morgan fingerprint density at radius 3 is 2.73 bits per heavy atom. The topological polar surface area (TPSA) is 87.7 Å². The van der Waals surface area contributed by atoms with E-state index in [4.69, 9.17) is 10.5 Å². The summed E-state index contributed by atoms with van der Waals surface area (Å²) in [6.07, 6.45) is 5.15. The van der Waals surface area contributed by atoms with Crippen LogP contribution < -0.4 is 11.1 Å². The molecule has 22 heavy (non-hydrogen) atoms. The summed E-state index contributed by atoms with van der Waals surface area (Å²) in [6, 6.07) is 3.29. The first-order chi connectivity index (χ1) is 9.66. The predicted octanol–water partition coefficient (Wildman–Crippen LogP) is 2.10. The molecule has 0 aromatic heterocycles. The van der Waals surface area contributed by atoms with Crippen LogP contribution in [-0.4, -0.2) is 29.8 Å². The van der Waals surface area contributed by atoms with E-state index in [1.165, 1.54) is 6.07 Å². The molecule has 1 fully saturated rings. The lowest BCUT2D eigenvalue weighted by Crippen LogP contribution is -2.40. The number of ether oxygens (including phenoxy) is 1. The number of phenolic OH excluding ortho intramolecular Hbond substituents is 2. The Labute approximate surface area is 142 Å². The maximum absolute atomic E-state index is 10.0. The smallest absolute Gasteiger partial charge is 0.165 e. The van der Waals surface area contributed by atoms with Crippen molar-refractivity contribution in [2.75, 3.05) is 19.6 Å². The molecule has 7 heteroatoms. The van der Waals surface area contributed by atoms with Crippen molar-refractivity contribution in [2.24, 2.45) is 11.7 Å². The average molecular weight is 349 g/mol. The molecule has 1 saturated heterocycles. The molecule has 1 aromatic rings. The second-order valence-corrected chi connectivity index (χ2v) is 5.58. The van der Waals surface area contributed by atoms with E-state index in [-0.39, 0.29) is 36.3 Å². The van der Waals surface area contributed by atoms with Crippen LogP contribution in [0, 0.1) is 5.92 Å². The Hall–Kier alpha value is -1.14. The molecule has 0 radical (unpaired) electrons. The van der Waals surface area contributed by atoms with Gasteiger partial charge in [-0.25, -0.2) is 0 Å². The highest BCUT2D eigenvalue weighted by Gasteiger charge is 2.40. The first kappa shape index (κ1) is 18.9. The summed E-state index contributed by atoms with van der Waals surface area (Å²) in [5.41, 5.74) is 6.83. The van der Waals surface area contributed by atoms with Gasteiger partial charge in [0, 0.05) is 17.7 Å². The van der Waals surface area contributed by atoms with Crippen molar-refractivity contribution in [2.45, 2.75) is 18.4 Å². The van der Waals surface area contributed by atoms with Gasteiger partial charge in [0.05, 0.1) is 6.26 Å². The Morgan fingerprint density at radius 1 is 1.32 bits per heavy atom. The highest BCUT2D eigenvalue weighted by molar-refractivity contribution is 5.85. The highest BCUT2D eigenvalue weighted by Crippen LogP contribution is 2.44. The first-order valence-electron chi connectivity index (χ1n) is 6.97. The molecule has 0 aliphatic carbocycles. The van der Waals surface area contributed by atoms with Crippen LogP contribution in [0.4, 0.5) is 0 Å². The van der Waals surface area contributed by atoms with E-state index < -0.39 is 5.60 Å². The summed E-state index contributed by atoms with van der Waals surface area (Å²) in [4.78, 5) is 0.